The van der Waals surface area contributed by atoms with Crippen LogP contribution in [0.1, 0.15) is 26.3 Å². The van der Waals surface area contributed by atoms with Gasteiger partial charge in [-0.2, -0.15) is 0 Å². The molecule has 0 aliphatic carbocycles. The van der Waals surface area contributed by atoms with E-state index in [1.807, 2.05) is 0 Å². The first-order valence-electron chi connectivity index (χ1n) is 6.37. The SMILES string of the molecule is COC(=O)c1cccc(NC(=O)c2cccc(N)c2C)c1. The molecule has 0 saturated heterocycles. The number of nitrogens with one attached hydrogen (secondary N) is 1. The normalized spacial score (nSPS) is 10.0. The molecule has 5 heteroatoms. The van der Waals surface area contributed by atoms with Gasteiger partial charge in [-0.25, -0.2) is 4.79 Å². The summed E-state index contributed by atoms with van der Waals surface area (Å²) in [7, 11) is 1.31. The molecule has 0 saturated carbocycles. The third kappa shape index (κ3) is 3.20. The summed E-state index contributed by atoms with van der Waals surface area (Å²) in [5.74, 6) is -0.729. The van der Waals surface area contributed by atoms with Crippen molar-refractivity contribution in [1.29, 1.82) is 0 Å². The number of rotatable bonds is 3. The maximum Gasteiger partial charge on any atom is 0.337 e. The van der Waals surface area contributed by atoms with E-state index in [1.165, 1.54) is 7.11 Å². The van der Waals surface area contributed by atoms with E-state index in [1.54, 1.807) is 49.4 Å². The number of esters is 1. The van der Waals surface area contributed by atoms with Crippen molar-refractivity contribution in [3.8, 4) is 0 Å². The highest BCUT2D eigenvalue weighted by Gasteiger charge is 2.12. The number of benzene rings is 2. The minimum Gasteiger partial charge on any atom is -0.465 e. The lowest BCUT2D eigenvalue weighted by molar-refractivity contribution is 0.0600. The number of nitrogen functional groups attached to an aromatic ring is 1. The van der Waals surface area contributed by atoms with E-state index in [0.29, 0.717) is 22.5 Å². The molecule has 3 N–H and O–H groups in total. The maximum atomic E-state index is 12.3. The molecule has 2 aromatic rings. The van der Waals surface area contributed by atoms with Crippen molar-refractivity contribution in [1.82, 2.24) is 0 Å². The molecule has 0 fully saturated rings. The van der Waals surface area contributed by atoms with Gasteiger partial charge in [-0.15, -0.1) is 0 Å². The standard InChI is InChI=1S/C16H16N2O3/c1-10-13(7-4-8-14(10)17)15(19)18-12-6-3-5-11(9-12)16(20)21-2/h3-9H,17H2,1-2H3,(H,18,19). The lowest BCUT2D eigenvalue weighted by Gasteiger charge is -2.10. The first-order valence-corrected chi connectivity index (χ1v) is 6.37. The number of anilines is 2. The first kappa shape index (κ1) is 14.6. The minimum atomic E-state index is -0.453. The Labute approximate surface area is 122 Å². The smallest absolute Gasteiger partial charge is 0.337 e. The predicted octanol–water partition coefficient (Wildman–Crippen LogP) is 2.62. The fourth-order valence-electron chi connectivity index (χ4n) is 1.94. The number of carbonyl (C=O) groups excluding carboxylic acids is 2. The van der Waals surface area contributed by atoms with Gasteiger partial charge in [-0.05, 0) is 42.8 Å². The van der Waals surface area contributed by atoms with Crippen molar-refractivity contribution in [3.63, 3.8) is 0 Å². The summed E-state index contributed by atoms with van der Waals surface area (Å²) in [6.07, 6.45) is 0. The number of carbonyl (C=O) groups is 2. The van der Waals surface area contributed by atoms with Gasteiger partial charge in [0.05, 0.1) is 12.7 Å². The van der Waals surface area contributed by atoms with Gasteiger partial charge in [0.15, 0.2) is 0 Å². The Hall–Kier alpha value is -2.82. The quantitative estimate of drug-likeness (QED) is 0.670. The van der Waals surface area contributed by atoms with Gasteiger partial charge in [-0.3, -0.25) is 4.79 Å². The van der Waals surface area contributed by atoms with Gasteiger partial charge in [0.25, 0.3) is 5.91 Å². The van der Waals surface area contributed by atoms with Crippen LogP contribution in [0.25, 0.3) is 0 Å². The number of methoxy groups -OCH3 is 1. The molecule has 108 valence electrons. The predicted molar refractivity (Wildman–Crippen MR) is 81.3 cm³/mol. The van der Waals surface area contributed by atoms with Crippen LogP contribution in [-0.2, 0) is 4.74 Å². The van der Waals surface area contributed by atoms with Crippen molar-refractivity contribution in [2.45, 2.75) is 6.92 Å². The highest BCUT2D eigenvalue weighted by Crippen LogP contribution is 2.18. The fourth-order valence-corrected chi connectivity index (χ4v) is 1.94. The Bertz CT molecular complexity index is 696. The van der Waals surface area contributed by atoms with Crippen LogP contribution in [0.5, 0.6) is 0 Å². The fraction of sp³-hybridized carbons (Fsp3) is 0.125. The summed E-state index contributed by atoms with van der Waals surface area (Å²) >= 11 is 0. The topological polar surface area (TPSA) is 81.4 Å². The monoisotopic (exact) mass is 284 g/mol. The Kier molecular flexibility index (Phi) is 4.23. The molecular formula is C16H16N2O3. The van der Waals surface area contributed by atoms with Crippen LogP contribution < -0.4 is 11.1 Å². The summed E-state index contributed by atoms with van der Waals surface area (Å²) in [6.45, 7) is 1.79. The molecule has 0 atom stereocenters. The van der Waals surface area contributed by atoms with Crippen LogP contribution in [0.3, 0.4) is 0 Å². The second-order valence-corrected chi connectivity index (χ2v) is 4.55. The van der Waals surface area contributed by atoms with Gasteiger partial charge < -0.3 is 15.8 Å². The highest BCUT2D eigenvalue weighted by atomic mass is 16.5. The molecule has 2 rings (SSSR count). The second-order valence-electron chi connectivity index (χ2n) is 4.55. The molecular weight excluding hydrogens is 268 g/mol. The van der Waals surface area contributed by atoms with E-state index < -0.39 is 5.97 Å². The number of hydrogen-bond acceptors (Lipinski definition) is 4. The molecule has 2 aromatic carbocycles. The van der Waals surface area contributed by atoms with E-state index in [0.717, 1.165) is 5.56 Å². The molecule has 0 spiro atoms. The van der Waals surface area contributed by atoms with Crippen LogP contribution in [0.2, 0.25) is 0 Å². The summed E-state index contributed by atoms with van der Waals surface area (Å²) in [5.41, 5.74) is 8.47. The lowest BCUT2D eigenvalue weighted by Crippen LogP contribution is -2.14. The molecule has 1 amide bonds. The number of amides is 1. The van der Waals surface area contributed by atoms with Crippen LogP contribution >= 0.6 is 0 Å². The van der Waals surface area contributed by atoms with E-state index in [9.17, 15) is 9.59 Å². The Morgan fingerprint density at radius 1 is 1.14 bits per heavy atom. The Balaban J connectivity index is 2.24. The third-order valence-corrected chi connectivity index (χ3v) is 3.16. The molecule has 0 radical (unpaired) electrons. The average Bonchev–Trinajstić information content (AvgIpc) is 2.49. The molecule has 0 aromatic heterocycles. The Morgan fingerprint density at radius 3 is 2.57 bits per heavy atom. The first-order chi connectivity index (χ1) is 10.0. The molecule has 0 unspecified atom stereocenters. The van der Waals surface area contributed by atoms with Crippen LogP contribution in [0, 0.1) is 6.92 Å². The Morgan fingerprint density at radius 2 is 1.86 bits per heavy atom. The highest BCUT2D eigenvalue weighted by molar-refractivity contribution is 6.06. The second kappa shape index (κ2) is 6.09. The van der Waals surface area contributed by atoms with Crippen LogP contribution in [0.15, 0.2) is 42.5 Å². The minimum absolute atomic E-state index is 0.276. The van der Waals surface area contributed by atoms with E-state index in [2.05, 4.69) is 10.1 Å². The third-order valence-electron chi connectivity index (χ3n) is 3.16. The van der Waals surface area contributed by atoms with Crippen LogP contribution in [0.4, 0.5) is 11.4 Å². The van der Waals surface area contributed by atoms with Crippen molar-refractivity contribution in [2.24, 2.45) is 0 Å². The summed E-state index contributed by atoms with van der Waals surface area (Å²) in [6, 6.07) is 11.7. The van der Waals surface area contributed by atoms with Crippen molar-refractivity contribution >= 4 is 23.3 Å². The molecule has 0 aliphatic rings. The number of nitrogens with two attached hydrogens (primary N) is 1. The van der Waals surface area contributed by atoms with Gasteiger partial charge >= 0.3 is 5.97 Å². The van der Waals surface area contributed by atoms with Gasteiger partial charge in [0, 0.05) is 16.9 Å². The molecule has 0 aliphatic heterocycles. The zero-order valence-corrected chi connectivity index (χ0v) is 11.8. The summed E-state index contributed by atoms with van der Waals surface area (Å²) in [4.78, 5) is 23.7. The number of hydrogen-bond donors (Lipinski definition) is 2. The van der Waals surface area contributed by atoms with Gasteiger partial charge in [0.1, 0.15) is 0 Å². The van der Waals surface area contributed by atoms with Gasteiger partial charge in [0.2, 0.25) is 0 Å². The maximum absolute atomic E-state index is 12.3. The van der Waals surface area contributed by atoms with Crippen LogP contribution in [-0.4, -0.2) is 19.0 Å². The van der Waals surface area contributed by atoms with Gasteiger partial charge in [-0.1, -0.05) is 12.1 Å². The van der Waals surface area contributed by atoms with E-state index >= 15 is 0 Å². The average molecular weight is 284 g/mol. The molecule has 21 heavy (non-hydrogen) atoms. The van der Waals surface area contributed by atoms with Crippen molar-refractivity contribution < 1.29 is 14.3 Å². The van der Waals surface area contributed by atoms with Crippen molar-refractivity contribution in [2.75, 3.05) is 18.2 Å². The van der Waals surface area contributed by atoms with E-state index in [-0.39, 0.29) is 5.91 Å². The summed E-state index contributed by atoms with van der Waals surface area (Å²) < 4.78 is 4.65. The molecule has 0 bridgehead atoms. The zero-order chi connectivity index (χ0) is 15.4. The van der Waals surface area contributed by atoms with E-state index in [4.69, 9.17) is 5.73 Å². The van der Waals surface area contributed by atoms with Crippen molar-refractivity contribution in [3.05, 3.63) is 59.2 Å². The molecule has 5 nitrogen and oxygen atoms in total. The number of ether oxygens (including phenoxy) is 1. The summed E-state index contributed by atoms with van der Waals surface area (Å²) in [5, 5.41) is 2.74. The largest absolute Gasteiger partial charge is 0.465 e. The lowest BCUT2D eigenvalue weighted by atomic mass is 10.1. The zero-order valence-electron chi connectivity index (χ0n) is 11.8. The molecule has 0 heterocycles.